The number of hydrogen-bond acceptors (Lipinski definition) is 4. The maximum atomic E-state index is 13.0. The molecule has 2 amide bonds. The number of likely N-dealkylation sites (tertiary alicyclic amines) is 2. The van der Waals surface area contributed by atoms with Crippen LogP contribution in [0.2, 0.25) is 0 Å². The Morgan fingerprint density at radius 2 is 1.92 bits per heavy atom. The highest BCUT2D eigenvalue weighted by Gasteiger charge is 2.51. The summed E-state index contributed by atoms with van der Waals surface area (Å²) in [5.74, 6) is 1.06. The van der Waals surface area contributed by atoms with Crippen LogP contribution >= 0.6 is 0 Å². The van der Waals surface area contributed by atoms with Crippen LogP contribution in [0.25, 0.3) is 0 Å². The fourth-order valence-corrected chi connectivity index (χ4v) is 4.40. The van der Waals surface area contributed by atoms with Gasteiger partial charge in [-0.2, -0.15) is 0 Å². The molecule has 3 fully saturated rings. The highest BCUT2D eigenvalue weighted by molar-refractivity contribution is 5.98. The van der Waals surface area contributed by atoms with Crippen LogP contribution in [0.5, 0.6) is 0 Å². The summed E-state index contributed by atoms with van der Waals surface area (Å²) in [5.41, 5.74) is -0.656. The van der Waals surface area contributed by atoms with Crippen molar-refractivity contribution in [1.82, 2.24) is 15.1 Å². The van der Waals surface area contributed by atoms with E-state index in [0.717, 1.165) is 51.1 Å². The van der Waals surface area contributed by atoms with E-state index in [1.54, 1.807) is 11.0 Å². The third-order valence-electron chi connectivity index (χ3n) is 5.66. The van der Waals surface area contributed by atoms with E-state index in [1.807, 2.05) is 6.07 Å². The third-order valence-corrected chi connectivity index (χ3v) is 5.66. The number of hydrogen-bond donors (Lipinski definition) is 1. The molecule has 4 heterocycles. The van der Waals surface area contributed by atoms with Crippen LogP contribution in [0, 0.1) is 0 Å². The van der Waals surface area contributed by atoms with Crippen molar-refractivity contribution in [3.63, 3.8) is 0 Å². The molecule has 1 spiro atoms. The molecule has 1 aromatic rings. The summed E-state index contributed by atoms with van der Waals surface area (Å²) in [7, 11) is 0. The lowest BCUT2D eigenvalue weighted by atomic mass is 9.86. The van der Waals surface area contributed by atoms with Crippen molar-refractivity contribution < 1.29 is 14.0 Å². The summed E-state index contributed by atoms with van der Waals surface area (Å²) in [6, 6.07) is 3.66. The highest BCUT2D eigenvalue weighted by Crippen LogP contribution is 2.37. The second-order valence-corrected chi connectivity index (χ2v) is 7.20. The van der Waals surface area contributed by atoms with E-state index in [9.17, 15) is 9.59 Å². The lowest BCUT2D eigenvalue weighted by Crippen LogP contribution is -2.60. The number of carbonyl (C=O) groups is 2. The standard InChI is InChI=1S/C18H25N3O3/c22-16(15-6-5-14(24-15)13-20-10-1-2-11-20)21-12-4-8-18(21)7-3-9-19-17(18)23/h5-6H,1-4,7-13H2,(H,19,23). The monoisotopic (exact) mass is 331 g/mol. The highest BCUT2D eigenvalue weighted by atomic mass is 16.4. The number of piperidine rings is 1. The summed E-state index contributed by atoms with van der Waals surface area (Å²) in [5, 5.41) is 2.93. The number of nitrogens with zero attached hydrogens (tertiary/aromatic N) is 2. The lowest BCUT2D eigenvalue weighted by Gasteiger charge is -2.39. The summed E-state index contributed by atoms with van der Waals surface area (Å²) < 4.78 is 5.82. The van der Waals surface area contributed by atoms with Crippen LogP contribution in [0.1, 0.15) is 54.8 Å². The van der Waals surface area contributed by atoms with Gasteiger partial charge in [0.25, 0.3) is 5.91 Å². The first-order valence-corrected chi connectivity index (χ1v) is 9.10. The molecule has 6 heteroatoms. The van der Waals surface area contributed by atoms with Crippen molar-refractivity contribution in [1.29, 1.82) is 0 Å². The molecule has 3 aliphatic heterocycles. The predicted octanol–water partition coefficient (Wildman–Crippen LogP) is 1.76. The van der Waals surface area contributed by atoms with Gasteiger partial charge in [0.2, 0.25) is 5.91 Å². The van der Waals surface area contributed by atoms with Gasteiger partial charge < -0.3 is 14.6 Å². The molecule has 1 atom stereocenters. The van der Waals surface area contributed by atoms with Gasteiger partial charge in [0.15, 0.2) is 5.76 Å². The first-order valence-electron chi connectivity index (χ1n) is 9.10. The lowest BCUT2D eigenvalue weighted by molar-refractivity contribution is -0.133. The molecule has 0 bridgehead atoms. The zero-order chi connectivity index (χ0) is 16.6. The van der Waals surface area contributed by atoms with E-state index >= 15 is 0 Å². The van der Waals surface area contributed by atoms with Crippen molar-refractivity contribution in [3.05, 3.63) is 23.7 Å². The molecule has 24 heavy (non-hydrogen) atoms. The van der Waals surface area contributed by atoms with Gasteiger partial charge in [0, 0.05) is 13.1 Å². The molecular formula is C18H25N3O3. The van der Waals surface area contributed by atoms with Gasteiger partial charge in [0.1, 0.15) is 11.3 Å². The molecule has 1 unspecified atom stereocenters. The Kier molecular flexibility index (Phi) is 4.08. The molecule has 130 valence electrons. The zero-order valence-electron chi connectivity index (χ0n) is 14.1. The van der Waals surface area contributed by atoms with E-state index in [0.29, 0.717) is 18.8 Å². The average molecular weight is 331 g/mol. The fraction of sp³-hybridized carbons (Fsp3) is 0.667. The molecular weight excluding hydrogens is 306 g/mol. The van der Waals surface area contributed by atoms with Crippen LogP contribution < -0.4 is 5.32 Å². The second kappa shape index (κ2) is 6.24. The molecule has 0 aliphatic carbocycles. The summed E-state index contributed by atoms with van der Waals surface area (Å²) in [6.07, 6.45) is 5.78. The number of rotatable bonds is 3. The maximum Gasteiger partial charge on any atom is 0.290 e. The molecule has 3 saturated heterocycles. The van der Waals surface area contributed by atoms with Crippen molar-refractivity contribution in [2.45, 2.75) is 50.6 Å². The Morgan fingerprint density at radius 1 is 1.12 bits per heavy atom. The minimum Gasteiger partial charge on any atom is -0.455 e. The summed E-state index contributed by atoms with van der Waals surface area (Å²) in [6.45, 7) is 4.30. The van der Waals surface area contributed by atoms with E-state index in [4.69, 9.17) is 4.42 Å². The molecule has 1 aromatic heterocycles. The average Bonchev–Trinajstić information content (AvgIpc) is 3.32. The van der Waals surface area contributed by atoms with Gasteiger partial charge in [-0.3, -0.25) is 14.5 Å². The first kappa shape index (κ1) is 15.7. The second-order valence-electron chi connectivity index (χ2n) is 7.20. The van der Waals surface area contributed by atoms with Crippen molar-refractivity contribution in [2.75, 3.05) is 26.2 Å². The minimum atomic E-state index is -0.656. The van der Waals surface area contributed by atoms with Crippen LogP contribution in [0.15, 0.2) is 16.5 Å². The third kappa shape index (κ3) is 2.62. The van der Waals surface area contributed by atoms with Crippen molar-refractivity contribution >= 4 is 11.8 Å². The fourth-order valence-electron chi connectivity index (χ4n) is 4.40. The molecule has 3 aliphatic rings. The Balaban J connectivity index is 1.50. The Labute approximate surface area is 142 Å². The summed E-state index contributed by atoms with van der Waals surface area (Å²) >= 11 is 0. The van der Waals surface area contributed by atoms with Gasteiger partial charge in [-0.1, -0.05) is 0 Å². The topological polar surface area (TPSA) is 65.8 Å². The van der Waals surface area contributed by atoms with E-state index in [1.165, 1.54) is 12.8 Å². The quantitative estimate of drug-likeness (QED) is 0.916. The van der Waals surface area contributed by atoms with Crippen molar-refractivity contribution in [2.24, 2.45) is 0 Å². The van der Waals surface area contributed by atoms with Gasteiger partial charge >= 0.3 is 0 Å². The molecule has 0 radical (unpaired) electrons. The summed E-state index contributed by atoms with van der Waals surface area (Å²) in [4.78, 5) is 29.5. The SMILES string of the molecule is O=C(c1ccc(CN2CCCC2)o1)N1CCCC12CCCNC2=O. The van der Waals surface area contributed by atoms with E-state index < -0.39 is 5.54 Å². The molecule has 1 N–H and O–H groups in total. The first-order chi connectivity index (χ1) is 11.7. The number of furan rings is 1. The number of nitrogens with one attached hydrogen (secondary N) is 1. The Bertz CT molecular complexity index is 635. The normalized spacial score (nSPS) is 27.8. The maximum absolute atomic E-state index is 13.0. The van der Waals surface area contributed by atoms with Crippen LogP contribution in [-0.2, 0) is 11.3 Å². The Morgan fingerprint density at radius 3 is 2.71 bits per heavy atom. The predicted molar refractivity (Wildman–Crippen MR) is 88.5 cm³/mol. The van der Waals surface area contributed by atoms with Crippen LogP contribution in [-0.4, -0.2) is 53.3 Å². The minimum absolute atomic E-state index is 0.00319. The molecule has 0 saturated carbocycles. The molecule has 4 rings (SSSR count). The van der Waals surface area contributed by atoms with Gasteiger partial charge in [-0.25, -0.2) is 0 Å². The van der Waals surface area contributed by atoms with E-state index in [-0.39, 0.29) is 11.8 Å². The largest absolute Gasteiger partial charge is 0.455 e. The van der Waals surface area contributed by atoms with Crippen molar-refractivity contribution in [3.8, 4) is 0 Å². The zero-order valence-corrected chi connectivity index (χ0v) is 14.1. The number of amides is 2. The number of carbonyl (C=O) groups excluding carboxylic acids is 2. The van der Waals surface area contributed by atoms with Gasteiger partial charge in [-0.05, 0) is 63.7 Å². The van der Waals surface area contributed by atoms with Gasteiger partial charge in [-0.15, -0.1) is 0 Å². The Hall–Kier alpha value is -1.82. The molecule has 0 aromatic carbocycles. The van der Waals surface area contributed by atoms with Crippen LogP contribution in [0.4, 0.5) is 0 Å². The molecule has 6 nitrogen and oxygen atoms in total. The van der Waals surface area contributed by atoms with Gasteiger partial charge in [0.05, 0.1) is 6.54 Å². The van der Waals surface area contributed by atoms with Crippen LogP contribution in [0.3, 0.4) is 0 Å². The smallest absolute Gasteiger partial charge is 0.290 e. The van der Waals surface area contributed by atoms with E-state index in [2.05, 4.69) is 10.2 Å².